The molecule has 2 aromatic carbocycles. The third kappa shape index (κ3) is 7.95. The Balaban J connectivity index is 1.92. The maximum atomic E-state index is 12.3. The molecule has 0 unspecified atom stereocenters. The van der Waals surface area contributed by atoms with E-state index in [4.69, 9.17) is 27.9 Å². The lowest BCUT2D eigenvalue weighted by Crippen LogP contribution is -2.32. The number of hydrogen-bond acceptors (Lipinski definition) is 4. The summed E-state index contributed by atoms with van der Waals surface area (Å²) in [7, 11) is 0. The first-order valence-electron chi connectivity index (χ1n) is 9.37. The molecule has 29 heavy (non-hydrogen) atoms. The van der Waals surface area contributed by atoms with Gasteiger partial charge in [0.1, 0.15) is 6.54 Å². The number of esters is 1. The Kier molecular flexibility index (Phi) is 8.35. The van der Waals surface area contributed by atoms with Gasteiger partial charge in [-0.25, -0.2) is 0 Å². The number of hydrogen-bond donors (Lipinski definition) is 2. The van der Waals surface area contributed by atoms with Gasteiger partial charge in [-0.05, 0) is 35.6 Å². The quantitative estimate of drug-likeness (QED) is 0.545. The Hall–Kier alpha value is -2.24. The standard InChI is InChI=1S/C22H26Cl2N2O3/c1-22(2,3)11-12-29-20(28)14-25-19(27)13-15-7-4-5-10-18(15)26-21-16(23)8-6-9-17(21)24/h4-10,26H,11-14H2,1-3H3,(H,25,27). The van der Waals surface area contributed by atoms with Crippen molar-refractivity contribution >= 4 is 46.5 Å². The predicted octanol–water partition coefficient (Wildman–Crippen LogP) is 5.38. The summed E-state index contributed by atoms with van der Waals surface area (Å²) in [5.74, 6) is -0.728. The topological polar surface area (TPSA) is 67.4 Å². The number of carbonyl (C=O) groups excluding carboxylic acids is 2. The molecule has 0 aromatic heterocycles. The fourth-order valence-corrected chi connectivity index (χ4v) is 2.97. The van der Waals surface area contributed by atoms with Crippen LogP contribution in [-0.2, 0) is 20.7 Å². The second kappa shape index (κ2) is 10.5. The second-order valence-electron chi connectivity index (χ2n) is 7.86. The normalized spacial score (nSPS) is 11.1. The lowest BCUT2D eigenvalue weighted by molar-refractivity contribution is -0.144. The Morgan fingerprint density at radius 1 is 1.00 bits per heavy atom. The summed E-state index contributed by atoms with van der Waals surface area (Å²) in [5.41, 5.74) is 2.13. The average Bonchev–Trinajstić information content (AvgIpc) is 2.63. The van der Waals surface area contributed by atoms with E-state index in [-0.39, 0.29) is 24.3 Å². The molecule has 2 aromatic rings. The van der Waals surface area contributed by atoms with Gasteiger partial charge in [0, 0.05) is 5.69 Å². The van der Waals surface area contributed by atoms with Crippen molar-refractivity contribution in [1.29, 1.82) is 0 Å². The van der Waals surface area contributed by atoms with Crippen molar-refractivity contribution in [2.75, 3.05) is 18.5 Å². The van der Waals surface area contributed by atoms with Gasteiger partial charge < -0.3 is 15.4 Å². The summed E-state index contributed by atoms with van der Waals surface area (Å²) >= 11 is 12.4. The molecule has 156 valence electrons. The summed E-state index contributed by atoms with van der Waals surface area (Å²) in [6.45, 7) is 6.40. The maximum Gasteiger partial charge on any atom is 0.325 e. The van der Waals surface area contributed by atoms with Crippen LogP contribution in [-0.4, -0.2) is 25.0 Å². The molecule has 0 heterocycles. The van der Waals surface area contributed by atoms with Crippen LogP contribution in [0.15, 0.2) is 42.5 Å². The first-order valence-corrected chi connectivity index (χ1v) is 10.1. The smallest absolute Gasteiger partial charge is 0.325 e. The Labute approximate surface area is 181 Å². The zero-order valence-corrected chi connectivity index (χ0v) is 18.4. The van der Waals surface area contributed by atoms with Crippen molar-refractivity contribution in [2.45, 2.75) is 33.6 Å². The van der Waals surface area contributed by atoms with Crippen molar-refractivity contribution in [3.8, 4) is 0 Å². The summed E-state index contributed by atoms with van der Waals surface area (Å²) in [6, 6.07) is 12.6. The van der Waals surface area contributed by atoms with Gasteiger partial charge in [0.2, 0.25) is 5.91 Å². The molecule has 5 nitrogen and oxygen atoms in total. The van der Waals surface area contributed by atoms with Gasteiger partial charge in [0.25, 0.3) is 0 Å². The lowest BCUT2D eigenvalue weighted by atomic mass is 9.93. The molecule has 0 spiro atoms. The van der Waals surface area contributed by atoms with E-state index in [1.54, 1.807) is 18.2 Å². The molecule has 7 heteroatoms. The number of benzene rings is 2. The summed E-state index contributed by atoms with van der Waals surface area (Å²) in [6.07, 6.45) is 0.858. The fourth-order valence-electron chi connectivity index (χ4n) is 2.48. The molecule has 0 radical (unpaired) electrons. The van der Waals surface area contributed by atoms with Crippen LogP contribution < -0.4 is 10.6 Å². The second-order valence-corrected chi connectivity index (χ2v) is 8.68. The predicted molar refractivity (Wildman–Crippen MR) is 118 cm³/mol. The zero-order chi connectivity index (χ0) is 21.4. The third-order valence-electron chi connectivity index (χ3n) is 4.14. The Bertz CT molecular complexity index is 843. The third-order valence-corrected chi connectivity index (χ3v) is 4.77. The summed E-state index contributed by atoms with van der Waals surface area (Å²) in [4.78, 5) is 24.1. The minimum Gasteiger partial charge on any atom is -0.464 e. The fraction of sp³-hybridized carbons (Fsp3) is 0.364. The van der Waals surface area contributed by atoms with Gasteiger partial charge >= 0.3 is 5.97 Å². The minimum absolute atomic E-state index is 0.0881. The van der Waals surface area contributed by atoms with Gasteiger partial charge in [-0.15, -0.1) is 0 Å². The highest BCUT2D eigenvalue weighted by atomic mass is 35.5. The van der Waals surface area contributed by atoms with Crippen molar-refractivity contribution in [3.63, 3.8) is 0 Å². The van der Waals surface area contributed by atoms with E-state index < -0.39 is 5.97 Å². The monoisotopic (exact) mass is 436 g/mol. The van der Waals surface area contributed by atoms with E-state index in [1.165, 1.54) is 0 Å². The number of para-hydroxylation sites is 2. The summed E-state index contributed by atoms with van der Waals surface area (Å²) in [5, 5.41) is 6.75. The molecule has 0 bridgehead atoms. The van der Waals surface area contributed by atoms with E-state index >= 15 is 0 Å². The molecule has 0 fully saturated rings. The minimum atomic E-state index is -0.447. The number of rotatable bonds is 8. The number of nitrogens with one attached hydrogen (secondary N) is 2. The van der Waals surface area contributed by atoms with Crippen LogP contribution >= 0.6 is 23.2 Å². The van der Waals surface area contributed by atoms with Crippen molar-refractivity contribution in [3.05, 3.63) is 58.1 Å². The van der Waals surface area contributed by atoms with E-state index in [1.807, 2.05) is 24.3 Å². The SMILES string of the molecule is CC(C)(C)CCOC(=O)CNC(=O)Cc1ccccc1Nc1c(Cl)cccc1Cl. The number of halogens is 2. The molecule has 2 N–H and O–H groups in total. The first kappa shape index (κ1) is 23.0. The van der Waals surface area contributed by atoms with Crippen LogP contribution in [0.2, 0.25) is 10.0 Å². The molecular formula is C22H26Cl2N2O3. The Morgan fingerprint density at radius 2 is 1.66 bits per heavy atom. The average molecular weight is 437 g/mol. The highest BCUT2D eigenvalue weighted by Gasteiger charge is 2.14. The van der Waals surface area contributed by atoms with Gasteiger partial charge in [-0.2, -0.15) is 0 Å². The lowest BCUT2D eigenvalue weighted by Gasteiger charge is -2.17. The van der Waals surface area contributed by atoms with Crippen LogP contribution in [0.4, 0.5) is 11.4 Å². The van der Waals surface area contributed by atoms with E-state index in [0.29, 0.717) is 28.0 Å². The van der Waals surface area contributed by atoms with Crippen LogP contribution in [0.3, 0.4) is 0 Å². The number of anilines is 2. The van der Waals surface area contributed by atoms with E-state index in [9.17, 15) is 9.59 Å². The molecular weight excluding hydrogens is 411 g/mol. The zero-order valence-electron chi connectivity index (χ0n) is 16.9. The highest BCUT2D eigenvalue weighted by Crippen LogP contribution is 2.33. The van der Waals surface area contributed by atoms with Gasteiger partial charge in [-0.3, -0.25) is 9.59 Å². The molecule has 0 saturated heterocycles. The van der Waals surface area contributed by atoms with E-state index in [0.717, 1.165) is 12.0 Å². The van der Waals surface area contributed by atoms with Crippen LogP contribution in [0, 0.1) is 5.41 Å². The van der Waals surface area contributed by atoms with Gasteiger partial charge in [0.05, 0.1) is 28.8 Å². The highest BCUT2D eigenvalue weighted by molar-refractivity contribution is 6.39. The van der Waals surface area contributed by atoms with Crippen molar-refractivity contribution < 1.29 is 14.3 Å². The molecule has 1 amide bonds. The molecule has 0 aliphatic heterocycles. The van der Waals surface area contributed by atoms with Crippen LogP contribution in [0.25, 0.3) is 0 Å². The number of carbonyl (C=O) groups is 2. The van der Waals surface area contributed by atoms with Crippen LogP contribution in [0.1, 0.15) is 32.8 Å². The molecule has 2 rings (SSSR count). The number of amides is 1. The van der Waals surface area contributed by atoms with Gasteiger partial charge in [-0.1, -0.05) is 68.2 Å². The number of ether oxygens (including phenoxy) is 1. The molecule has 0 saturated carbocycles. The maximum absolute atomic E-state index is 12.3. The van der Waals surface area contributed by atoms with Crippen molar-refractivity contribution in [1.82, 2.24) is 5.32 Å². The molecule has 0 aliphatic carbocycles. The molecule has 0 atom stereocenters. The first-order chi connectivity index (χ1) is 13.7. The Morgan fingerprint density at radius 3 is 2.31 bits per heavy atom. The molecule has 0 aliphatic rings. The van der Waals surface area contributed by atoms with E-state index in [2.05, 4.69) is 31.4 Å². The van der Waals surface area contributed by atoms with Gasteiger partial charge in [0.15, 0.2) is 0 Å². The largest absolute Gasteiger partial charge is 0.464 e. The summed E-state index contributed by atoms with van der Waals surface area (Å²) < 4.78 is 5.15. The van der Waals surface area contributed by atoms with Crippen LogP contribution in [0.5, 0.6) is 0 Å². The van der Waals surface area contributed by atoms with Crippen molar-refractivity contribution in [2.24, 2.45) is 5.41 Å².